The van der Waals surface area contributed by atoms with E-state index in [1.807, 2.05) is 0 Å². The first-order valence-corrected chi connectivity index (χ1v) is 13.4. The van der Waals surface area contributed by atoms with Gasteiger partial charge in [0.2, 0.25) is 0 Å². The third-order valence-electron chi connectivity index (χ3n) is 6.41. The fourth-order valence-corrected chi connectivity index (χ4v) is 4.45. The molecule has 0 aliphatic heterocycles. The lowest BCUT2D eigenvalue weighted by Gasteiger charge is -2.07. The summed E-state index contributed by atoms with van der Waals surface area (Å²) in [4.78, 5) is 5.06. The minimum absolute atomic E-state index is 1.10. The average Bonchev–Trinajstić information content (AvgIpc) is 3.17. The second kappa shape index (κ2) is 17.0. The summed E-state index contributed by atoms with van der Waals surface area (Å²) in [6.07, 6.45) is 24.8. The molecule has 2 rings (SSSR count). The van der Waals surface area contributed by atoms with Crippen LogP contribution in [0.1, 0.15) is 121 Å². The molecule has 0 fully saturated rings. The average molecular weight is 425 g/mol. The number of aromatic nitrogens is 2. The van der Waals surface area contributed by atoms with Crippen molar-refractivity contribution in [2.75, 3.05) is 0 Å². The number of rotatable bonds is 19. The van der Waals surface area contributed by atoms with Crippen LogP contribution in [0.15, 0.2) is 36.5 Å². The molecule has 2 nitrogen and oxygen atoms in total. The Balaban J connectivity index is 1.69. The van der Waals surface area contributed by atoms with Gasteiger partial charge in [-0.25, -0.2) is 4.98 Å². The van der Waals surface area contributed by atoms with Crippen molar-refractivity contribution in [3.63, 3.8) is 0 Å². The van der Waals surface area contributed by atoms with Crippen molar-refractivity contribution in [1.29, 1.82) is 0 Å². The van der Waals surface area contributed by atoms with E-state index in [1.54, 1.807) is 0 Å². The molecule has 31 heavy (non-hydrogen) atoms. The summed E-state index contributed by atoms with van der Waals surface area (Å²) in [6.45, 7) is 5.73. The van der Waals surface area contributed by atoms with Crippen molar-refractivity contribution < 1.29 is 0 Å². The van der Waals surface area contributed by atoms with Crippen LogP contribution in [0.4, 0.5) is 0 Å². The molecular weight excluding hydrogens is 376 g/mol. The molecule has 1 aromatic heterocycles. The minimum Gasteiger partial charge on any atom is -0.335 e. The number of imidazole rings is 1. The molecular formula is C29H48N2. The third-order valence-corrected chi connectivity index (χ3v) is 6.41. The number of nitrogens with zero attached hydrogens (tertiary/aromatic N) is 2. The van der Waals surface area contributed by atoms with Crippen molar-refractivity contribution in [2.45, 2.75) is 130 Å². The van der Waals surface area contributed by atoms with E-state index < -0.39 is 0 Å². The molecule has 174 valence electrons. The number of aryl methyl sites for hydroxylation is 4. The van der Waals surface area contributed by atoms with E-state index >= 15 is 0 Å². The van der Waals surface area contributed by atoms with Crippen LogP contribution < -0.4 is 0 Å². The van der Waals surface area contributed by atoms with E-state index in [-0.39, 0.29) is 0 Å². The fraction of sp³-hybridized carbons (Fsp3) is 0.690. The van der Waals surface area contributed by atoms with Crippen molar-refractivity contribution in [3.05, 3.63) is 53.6 Å². The van der Waals surface area contributed by atoms with E-state index in [0.29, 0.717) is 0 Å². The summed E-state index contributed by atoms with van der Waals surface area (Å²) < 4.78 is 2.47. The normalized spacial score (nSPS) is 11.3. The van der Waals surface area contributed by atoms with Crippen LogP contribution in [-0.2, 0) is 25.8 Å². The Morgan fingerprint density at radius 1 is 0.613 bits per heavy atom. The Morgan fingerprint density at radius 2 is 1.23 bits per heavy atom. The van der Waals surface area contributed by atoms with E-state index in [4.69, 9.17) is 4.98 Å². The summed E-state index contributed by atoms with van der Waals surface area (Å²) in [5.41, 5.74) is 2.74. The first-order chi connectivity index (χ1) is 15.3. The van der Waals surface area contributed by atoms with Gasteiger partial charge in [0.1, 0.15) is 5.82 Å². The van der Waals surface area contributed by atoms with Gasteiger partial charge in [-0.1, -0.05) is 115 Å². The van der Waals surface area contributed by atoms with Crippen LogP contribution in [-0.4, -0.2) is 9.55 Å². The summed E-state index contributed by atoms with van der Waals surface area (Å²) >= 11 is 0. The number of unbranched alkanes of at least 4 members (excludes halogenated alkanes) is 11. The first kappa shape index (κ1) is 25.7. The summed E-state index contributed by atoms with van der Waals surface area (Å²) in [5.74, 6) is 1.34. The zero-order valence-corrected chi connectivity index (χ0v) is 20.6. The highest BCUT2D eigenvalue weighted by Gasteiger charge is 2.08. The molecule has 0 aliphatic rings. The molecule has 0 saturated heterocycles. The molecule has 0 saturated carbocycles. The van der Waals surface area contributed by atoms with Gasteiger partial charge in [0.05, 0.1) is 5.69 Å². The molecule has 0 spiro atoms. The number of benzene rings is 1. The van der Waals surface area contributed by atoms with Crippen molar-refractivity contribution in [1.82, 2.24) is 9.55 Å². The Hall–Kier alpha value is -1.57. The Kier molecular flexibility index (Phi) is 14.1. The van der Waals surface area contributed by atoms with Crippen LogP contribution >= 0.6 is 0 Å². The minimum atomic E-state index is 1.10. The van der Waals surface area contributed by atoms with E-state index in [9.17, 15) is 0 Å². The summed E-state index contributed by atoms with van der Waals surface area (Å²) in [6, 6.07) is 10.9. The molecule has 0 atom stereocenters. The molecule has 0 amide bonds. The second-order valence-corrected chi connectivity index (χ2v) is 9.32. The molecule has 0 N–H and O–H groups in total. The van der Waals surface area contributed by atoms with Gasteiger partial charge >= 0.3 is 0 Å². The van der Waals surface area contributed by atoms with Crippen LogP contribution in [0.25, 0.3) is 0 Å². The monoisotopic (exact) mass is 424 g/mol. The standard InChI is InChI=1S/C29H48N2/c1-3-5-7-8-9-10-11-12-13-17-24-29-30-28(26-31(29)25-18-6-4-2)23-19-22-27-20-15-14-16-21-27/h14-16,20-21,26H,3-13,17-19,22-25H2,1-2H3. The topological polar surface area (TPSA) is 17.8 Å². The number of hydrogen-bond acceptors (Lipinski definition) is 1. The summed E-state index contributed by atoms with van der Waals surface area (Å²) in [5, 5.41) is 0. The summed E-state index contributed by atoms with van der Waals surface area (Å²) in [7, 11) is 0. The molecule has 0 bridgehead atoms. The van der Waals surface area contributed by atoms with Gasteiger partial charge in [0.25, 0.3) is 0 Å². The molecule has 2 heteroatoms. The van der Waals surface area contributed by atoms with E-state index in [0.717, 1.165) is 25.8 Å². The van der Waals surface area contributed by atoms with Gasteiger partial charge in [-0.05, 0) is 37.7 Å². The molecule has 0 unspecified atom stereocenters. The van der Waals surface area contributed by atoms with Gasteiger partial charge < -0.3 is 4.57 Å². The van der Waals surface area contributed by atoms with Gasteiger partial charge in [-0.3, -0.25) is 0 Å². The maximum Gasteiger partial charge on any atom is 0.108 e. The third kappa shape index (κ3) is 11.6. The highest BCUT2D eigenvalue weighted by Crippen LogP contribution is 2.15. The molecule has 1 heterocycles. The molecule has 1 aromatic carbocycles. The Morgan fingerprint density at radius 3 is 1.90 bits per heavy atom. The Labute approximate surface area is 192 Å². The lowest BCUT2D eigenvalue weighted by atomic mass is 10.1. The zero-order valence-electron chi connectivity index (χ0n) is 20.6. The lowest BCUT2D eigenvalue weighted by Crippen LogP contribution is -2.03. The van der Waals surface area contributed by atoms with E-state index in [2.05, 4.69) is 54.9 Å². The maximum absolute atomic E-state index is 5.06. The van der Waals surface area contributed by atoms with Crippen LogP contribution in [0.5, 0.6) is 0 Å². The SMILES string of the molecule is CCCCCCCCCCCCc1nc(CCCc2ccccc2)cn1CCCCC. The predicted octanol–water partition coefficient (Wildman–Crippen LogP) is 8.71. The van der Waals surface area contributed by atoms with Gasteiger partial charge in [0, 0.05) is 19.2 Å². The molecule has 2 aromatic rings. The van der Waals surface area contributed by atoms with E-state index in [1.165, 1.54) is 107 Å². The first-order valence-electron chi connectivity index (χ1n) is 13.4. The predicted molar refractivity (Wildman–Crippen MR) is 136 cm³/mol. The highest BCUT2D eigenvalue weighted by molar-refractivity contribution is 5.15. The number of hydrogen-bond donors (Lipinski definition) is 0. The quantitative estimate of drug-likeness (QED) is 0.206. The van der Waals surface area contributed by atoms with Crippen LogP contribution in [0.3, 0.4) is 0 Å². The lowest BCUT2D eigenvalue weighted by molar-refractivity contribution is 0.541. The van der Waals surface area contributed by atoms with Gasteiger partial charge in [-0.2, -0.15) is 0 Å². The van der Waals surface area contributed by atoms with Crippen LogP contribution in [0.2, 0.25) is 0 Å². The van der Waals surface area contributed by atoms with Crippen LogP contribution in [0, 0.1) is 0 Å². The molecule has 0 radical (unpaired) electrons. The largest absolute Gasteiger partial charge is 0.335 e. The van der Waals surface area contributed by atoms with Crippen molar-refractivity contribution in [3.8, 4) is 0 Å². The zero-order chi connectivity index (χ0) is 22.0. The fourth-order valence-electron chi connectivity index (χ4n) is 4.45. The van der Waals surface area contributed by atoms with Crippen molar-refractivity contribution >= 4 is 0 Å². The highest BCUT2D eigenvalue weighted by atomic mass is 15.1. The second-order valence-electron chi connectivity index (χ2n) is 9.32. The van der Waals surface area contributed by atoms with Crippen molar-refractivity contribution in [2.24, 2.45) is 0 Å². The smallest absolute Gasteiger partial charge is 0.108 e. The van der Waals surface area contributed by atoms with Gasteiger partial charge in [-0.15, -0.1) is 0 Å². The van der Waals surface area contributed by atoms with Gasteiger partial charge in [0.15, 0.2) is 0 Å². The molecule has 0 aliphatic carbocycles. The maximum atomic E-state index is 5.06. The Bertz CT molecular complexity index is 659.